The maximum Gasteiger partial charge on any atom is 0.251 e. The van der Waals surface area contributed by atoms with E-state index in [1.165, 1.54) is 128 Å². The summed E-state index contributed by atoms with van der Waals surface area (Å²) in [4.78, 5) is 91.6. The van der Waals surface area contributed by atoms with Gasteiger partial charge in [-0.2, -0.15) is 0 Å². The van der Waals surface area contributed by atoms with Crippen molar-refractivity contribution in [3.05, 3.63) is 323 Å². The summed E-state index contributed by atoms with van der Waals surface area (Å²) in [7, 11) is 0. The van der Waals surface area contributed by atoms with Gasteiger partial charge in [0.05, 0.1) is 156 Å². The number of Topliss-reactive ketones (excluding diaryl/α,β-unsaturated/α-hetero) is 1. The standard InChI is InChI=1S/C27H32FNO2.C25H31FN2O2.C24H29FN2O2.C23H27N3O3.C20H18FNO3.CH4/c1-16-4-6-17(7-5-16)8-9-18-10-12-20-22(14-18)27(2,3)31-25(20)24-21-15-19(28)11-13-23(21)29-26(24)30;1-5-28(6-2)13-7-8-16-9-11-18-20(14-16)25(3,4)30-23(18)22-19-15-17(26)10-12-21(19)27-24(22)29;1-4-27(5-2)12-6-7-16-8-10-18-19(13-16)15(3)29-23(18)22-20-14-17(25)9-11-21(20)26-24(22)28;1-3-26(4-2)12-11-24-22(27)15-9-10-17-16(13-15)14-29-21(17)20-18-7-5-6-8-19(18)25-23(20)28;1-11(23)2-3-12-4-6-15-13(8-12)10-25-19(15)18-16-9-14(21)5-7-17(16)22-20(18)24;/h10-17,24-25H,4-9H2,1-3H3,(H,29,30);9-12,14-15,22-23H,5-8,13H2,1-4H3,(H,27,29);8-11,13-15,22-23H,4-7,12H2,1-3H3,(H,26,28);5-10,13,20-21H,3-4,11-12,14H2,1-2H3,(H,24,27)(H,25,28);4-9,18-19H,2-3,10H2,1H3,(H,22,24);1H4/p+3. The van der Waals surface area contributed by atoms with Gasteiger partial charge in [-0.3, -0.25) is 28.8 Å². The summed E-state index contributed by atoms with van der Waals surface area (Å²) < 4.78 is 86.3. The third kappa shape index (κ3) is 23.2. The van der Waals surface area contributed by atoms with E-state index in [0.29, 0.717) is 83.2 Å². The number of fused-ring (bicyclic) bond motifs is 10. The van der Waals surface area contributed by atoms with Crippen LogP contribution in [0.25, 0.3) is 0 Å². The van der Waals surface area contributed by atoms with Crippen molar-refractivity contribution in [1.29, 1.82) is 0 Å². The Morgan fingerprint density at radius 3 is 1.22 bits per heavy atom. The van der Waals surface area contributed by atoms with Crippen molar-refractivity contribution in [3.8, 4) is 0 Å². The monoisotopic (exact) mass is 1980 g/mol. The van der Waals surface area contributed by atoms with Gasteiger partial charge in [-0.1, -0.05) is 137 Å². The third-order valence-corrected chi connectivity index (χ3v) is 31.7. The molecule has 10 heterocycles. The number of hydrogen-bond donors (Lipinski definition) is 9. The quantitative estimate of drug-likeness (QED) is 0.0199. The molecule has 11 atom stereocenters. The van der Waals surface area contributed by atoms with E-state index in [9.17, 15) is 51.1 Å². The van der Waals surface area contributed by atoms with Gasteiger partial charge in [0.15, 0.2) is 0 Å². The van der Waals surface area contributed by atoms with Gasteiger partial charge in [-0.15, -0.1) is 0 Å². The van der Waals surface area contributed by atoms with Gasteiger partial charge in [-0.05, 0) is 324 Å². The van der Waals surface area contributed by atoms with Crippen molar-refractivity contribution in [2.75, 3.05) is 92.0 Å². The molecule has 145 heavy (non-hydrogen) atoms. The predicted octanol–water partition coefficient (Wildman–Crippen LogP) is 19.8. The number of benzene rings is 10. The van der Waals surface area contributed by atoms with Crippen LogP contribution >= 0.6 is 0 Å². The number of likely N-dealkylation sites (N-methyl/N-ethyl adjacent to an activating group) is 1. The zero-order chi connectivity index (χ0) is 102. The van der Waals surface area contributed by atoms with Crippen LogP contribution in [-0.4, -0.2) is 107 Å². The lowest BCUT2D eigenvalue weighted by atomic mass is 9.80. The lowest BCUT2D eigenvalue weighted by Crippen LogP contribution is -3.12. The minimum atomic E-state index is -0.546. The number of halogens is 4. The van der Waals surface area contributed by atoms with Gasteiger partial charge in [0.2, 0.25) is 29.5 Å². The SMILES string of the molecule is C.CC(=O)CCc1ccc2c(c1)COC2C1C(=O)Nc2ccc(F)cc21.CC1CCC(CCc2ccc3c(c2)C(C)(C)OC3C2C(=O)Nc3ccc(F)cc32)CC1.CC[NH+](CC)CCCc1ccc2c(c1)C(C)(C)OC2C1C(=O)Nc2ccc(F)cc21.CC[NH+](CC)CCCc1ccc2c(c1)C(C)OC2C1C(=O)Nc2ccc(F)cc21.CC[NH+](CC)CCNC(=O)c1ccc2c(c1)COC2C1C(=O)Nc2ccccc21. The Labute approximate surface area is 851 Å². The topological polar surface area (TPSA) is 251 Å². The van der Waals surface area contributed by atoms with Crippen LogP contribution in [0.4, 0.5) is 46.0 Å². The van der Waals surface area contributed by atoms with E-state index in [1.54, 1.807) is 41.0 Å². The minimum absolute atomic E-state index is 0. The molecular formula is C120H144F4N9O12+3. The third-order valence-electron chi connectivity index (χ3n) is 31.7. The molecule has 21 rings (SSSR count). The minimum Gasteiger partial charge on any atom is -0.368 e. The van der Waals surface area contributed by atoms with Gasteiger partial charge in [0.1, 0.15) is 29.1 Å². The Morgan fingerprint density at radius 1 is 0.386 bits per heavy atom. The average Bonchev–Trinajstić information content (AvgIpc) is 1.59. The molecule has 11 aliphatic rings. The largest absolute Gasteiger partial charge is 0.368 e. The number of quaternary nitrogens is 3. The fourth-order valence-corrected chi connectivity index (χ4v) is 23.3. The molecule has 0 radical (unpaired) electrons. The predicted molar refractivity (Wildman–Crippen MR) is 557 cm³/mol. The highest BCUT2D eigenvalue weighted by atomic mass is 19.1. The van der Waals surface area contributed by atoms with Crippen LogP contribution in [0.3, 0.4) is 0 Å². The molecule has 0 spiro atoms. The van der Waals surface area contributed by atoms with Gasteiger partial charge in [-0.25, -0.2) is 17.6 Å². The van der Waals surface area contributed by atoms with Crippen LogP contribution in [0.2, 0.25) is 0 Å². The normalized spacial score (nSPS) is 22.7. The molecule has 1 saturated carbocycles. The molecule has 25 heteroatoms. The number of para-hydroxylation sites is 1. The molecule has 21 nitrogen and oxygen atoms in total. The molecule has 0 bridgehead atoms. The Balaban J connectivity index is 0.000000130. The van der Waals surface area contributed by atoms with Crippen molar-refractivity contribution < 1.29 is 89.5 Å². The lowest BCUT2D eigenvalue weighted by molar-refractivity contribution is -0.896. The van der Waals surface area contributed by atoms with Gasteiger partial charge in [0, 0.05) is 53.3 Å². The zero-order valence-corrected chi connectivity index (χ0v) is 85.3. The highest BCUT2D eigenvalue weighted by Gasteiger charge is 2.52. The first-order valence-electron chi connectivity index (χ1n) is 52.3. The maximum absolute atomic E-state index is 13.9. The second-order valence-electron chi connectivity index (χ2n) is 41.8. The van der Waals surface area contributed by atoms with E-state index >= 15 is 0 Å². The van der Waals surface area contributed by atoms with Crippen LogP contribution in [0.15, 0.2) is 188 Å². The van der Waals surface area contributed by atoms with E-state index < -0.39 is 53.2 Å². The molecule has 6 amide bonds. The van der Waals surface area contributed by atoms with E-state index in [4.69, 9.17) is 23.7 Å². The molecule has 1 fully saturated rings. The fraction of sp³-hybridized carbons (Fsp3) is 0.442. The number of anilines is 5. The number of nitrogens with one attached hydrogen (secondary N) is 9. The first-order valence-corrected chi connectivity index (χ1v) is 52.3. The summed E-state index contributed by atoms with van der Waals surface area (Å²) in [6, 6.07) is 56.7. The van der Waals surface area contributed by atoms with Gasteiger partial charge >= 0.3 is 0 Å². The van der Waals surface area contributed by atoms with Crippen molar-refractivity contribution in [2.24, 2.45) is 11.8 Å². The highest BCUT2D eigenvalue weighted by Crippen LogP contribution is 2.57. The van der Waals surface area contributed by atoms with Gasteiger partial charge in [0.25, 0.3) is 5.91 Å². The summed E-state index contributed by atoms with van der Waals surface area (Å²) in [5, 5.41) is 17.4. The van der Waals surface area contributed by atoms with Crippen molar-refractivity contribution in [1.82, 2.24) is 5.32 Å². The second-order valence-corrected chi connectivity index (χ2v) is 41.8. The zero-order valence-electron chi connectivity index (χ0n) is 85.3. The average molecular weight is 1980 g/mol. The van der Waals surface area contributed by atoms with Crippen molar-refractivity contribution in [2.45, 2.75) is 265 Å². The summed E-state index contributed by atoms with van der Waals surface area (Å²) in [5.74, 6) is -2.58. The number of aryl methyl sites for hydroxylation is 4. The van der Waals surface area contributed by atoms with E-state index in [2.05, 4.69) is 163 Å². The van der Waals surface area contributed by atoms with Crippen molar-refractivity contribution >= 4 is 69.7 Å². The van der Waals surface area contributed by atoms with Crippen LogP contribution in [0, 0.1) is 35.1 Å². The smallest absolute Gasteiger partial charge is 0.251 e. The summed E-state index contributed by atoms with van der Waals surface area (Å²) in [5.41, 5.74) is 22.5. The van der Waals surface area contributed by atoms with Crippen LogP contribution in [-0.2, 0) is 103 Å². The number of carbonyl (C=O) groups is 7. The molecule has 1 aliphatic carbocycles. The molecule has 10 aromatic rings. The van der Waals surface area contributed by atoms with Gasteiger partial charge < -0.3 is 75.1 Å². The van der Waals surface area contributed by atoms with Crippen molar-refractivity contribution in [3.63, 3.8) is 0 Å². The number of hydrogen-bond acceptors (Lipinski definition) is 12. The Bertz CT molecular complexity index is 6440. The number of ether oxygens (including phenoxy) is 5. The van der Waals surface area contributed by atoms with Crippen LogP contribution in [0.1, 0.15) is 331 Å². The molecule has 11 unspecified atom stereocenters. The number of rotatable bonds is 29. The maximum atomic E-state index is 13.9. The molecule has 10 aliphatic heterocycles. The van der Waals surface area contributed by atoms with E-state index in [0.717, 1.165) is 149 Å². The Morgan fingerprint density at radius 2 is 0.766 bits per heavy atom. The molecule has 0 aromatic heterocycles. The molecule has 0 saturated heterocycles. The van der Waals surface area contributed by atoms with Crippen LogP contribution in [0.5, 0.6) is 0 Å². The Hall–Kier alpha value is -11.9. The first kappa shape index (κ1) is 106. The summed E-state index contributed by atoms with van der Waals surface area (Å²) >= 11 is 0. The lowest BCUT2D eigenvalue weighted by Gasteiger charge is -2.26. The number of ketones is 1. The molecule has 10 aromatic carbocycles. The summed E-state index contributed by atoms with van der Waals surface area (Å²) in [6.45, 7) is 39.0. The first-order chi connectivity index (χ1) is 69.3. The second kappa shape index (κ2) is 46.0. The fourth-order valence-electron chi connectivity index (χ4n) is 23.3. The summed E-state index contributed by atoms with van der Waals surface area (Å²) in [6.07, 6.45) is 11.4. The van der Waals surface area contributed by atoms with E-state index in [-0.39, 0.29) is 96.2 Å². The highest BCUT2D eigenvalue weighted by molar-refractivity contribution is 6.07. The molecular weight excluding hydrogens is 1840 g/mol. The molecule has 766 valence electrons. The van der Waals surface area contributed by atoms with E-state index in [1.807, 2.05) is 67.6 Å². The number of carbonyl (C=O) groups excluding carboxylic acids is 7. The number of amides is 6. The van der Waals surface area contributed by atoms with Crippen LogP contribution < -0.4 is 46.6 Å². The molecule has 9 N–H and O–H groups in total. The Kier molecular flexibility index (Phi) is 33.6.